The Hall–Kier alpha value is -0.00312. The second kappa shape index (κ2) is 14.0. The average molecular weight is 316 g/mol. The summed E-state index contributed by atoms with van der Waals surface area (Å²) in [6, 6.07) is 6.07. The number of rotatable bonds is 14. The quantitative estimate of drug-likeness (QED) is 0.192. The van der Waals surface area contributed by atoms with Crippen molar-refractivity contribution in [2.45, 2.75) is 103 Å². The molecule has 0 spiro atoms. The molecule has 0 heterocycles. The molecule has 0 unspecified atom stereocenters. The van der Waals surface area contributed by atoms with Gasteiger partial charge in [0.1, 0.15) is 0 Å². The van der Waals surface area contributed by atoms with Crippen LogP contribution in [0.3, 0.4) is 0 Å². The topological polar surface area (TPSA) is 23.8 Å². The lowest BCUT2D eigenvalue weighted by atomic mass is 10.2. The SMILES string of the molecule is CCCCCC[Si](Cl)(CCCCC#N)CCCCCC. The molecule has 0 aliphatic rings. The summed E-state index contributed by atoms with van der Waals surface area (Å²) < 4.78 is 0. The fourth-order valence-corrected chi connectivity index (χ4v) is 7.36. The lowest BCUT2D eigenvalue weighted by molar-refractivity contribution is 0.679. The van der Waals surface area contributed by atoms with Crippen molar-refractivity contribution in [2.24, 2.45) is 0 Å². The van der Waals surface area contributed by atoms with E-state index in [4.69, 9.17) is 16.3 Å². The van der Waals surface area contributed by atoms with Gasteiger partial charge in [-0.05, 0) is 24.6 Å². The zero-order valence-corrected chi connectivity index (χ0v) is 15.5. The van der Waals surface area contributed by atoms with Gasteiger partial charge in [0.15, 0.2) is 7.38 Å². The smallest absolute Gasteiger partial charge is 0.156 e. The van der Waals surface area contributed by atoms with Crippen molar-refractivity contribution in [1.29, 1.82) is 5.26 Å². The summed E-state index contributed by atoms with van der Waals surface area (Å²) in [6.45, 7) is 4.52. The highest BCUT2D eigenvalue weighted by Crippen LogP contribution is 2.32. The summed E-state index contributed by atoms with van der Waals surface area (Å²) >= 11 is 7.03. The molecule has 0 aromatic heterocycles. The number of nitrogens with zero attached hydrogens (tertiary/aromatic N) is 1. The van der Waals surface area contributed by atoms with E-state index in [1.54, 1.807) is 0 Å². The Labute approximate surface area is 132 Å². The number of unbranched alkanes of at least 4 members (excludes halogenated alkanes) is 8. The van der Waals surface area contributed by atoms with E-state index in [0.717, 1.165) is 6.42 Å². The van der Waals surface area contributed by atoms with Crippen molar-refractivity contribution in [1.82, 2.24) is 0 Å². The normalized spacial score (nSPS) is 11.5. The standard InChI is InChI=1S/C17H34ClNSi/c1-3-5-7-11-15-20(18,16-12-8-6-4-2)17-13-9-10-14-19/h3-13,15-17H2,1-2H3. The first-order valence-corrected chi connectivity index (χ1v) is 12.4. The van der Waals surface area contributed by atoms with E-state index >= 15 is 0 Å². The van der Waals surface area contributed by atoms with Gasteiger partial charge in [0, 0.05) is 6.42 Å². The predicted octanol–water partition coefficient (Wildman–Crippen LogP) is 7.03. The molecule has 20 heavy (non-hydrogen) atoms. The van der Waals surface area contributed by atoms with Crippen LogP contribution in [0.5, 0.6) is 0 Å². The molecule has 0 N–H and O–H groups in total. The second-order valence-electron chi connectivity index (χ2n) is 6.14. The zero-order valence-electron chi connectivity index (χ0n) is 13.7. The van der Waals surface area contributed by atoms with Gasteiger partial charge in [-0.25, -0.2) is 0 Å². The molecule has 0 aliphatic heterocycles. The summed E-state index contributed by atoms with van der Waals surface area (Å²) in [5.74, 6) is 0. The van der Waals surface area contributed by atoms with Crippen LogP contribution in [0.4, 0.5) is 0 Å². The largest absolute Gasteiger partial charge is 0.198 e. The Morgan fingerprint density at radius 2 is 1.20 bits per heavy atom. The molecule has 0 rings (SSSR count). The van der Waals surface area contributed by atoms with Gasteiger partial charge in [-0.1, -0.05) is 71.6 Å². The van der Waals surface area contributed by atoms with Gasteiger partial charge in [-0.3, -0.25) is 0 Å². The van der Waals surface area contributed by atoms with E-state index in [1.165, 1.54) is 75.9 Å². The van der Waals surface area contributed by atoms with E-state index in [1.807, 2.05) is 0 Å². The van der Waals surface area contributed by atoms with E-state index in [0.29, 0.717) is 6.42 Å². The van der Waals surface area contributed by atoms with Crippen LogP contribution < -0.4 is 0 Å². The van der Waals surface area contributed by atoms with Gasteiger partial charge in [0.05, 0.1) is 6.07 Å². The van der Waals surface area contributed by atoms with E-state index in [-0.39, 0.29) is 0 Å². The van der Waals surface area contributed by atoms with E-state index in [9.17, 15) is 0 Å². The van der Waals surface area contributed by atoms with Gasteiger partial charge in [-0.2, -0.15) is 16.3 Å². The van der Waals surface area contributed by atoms with Crippen molar-refractivity contribution in [3.8, 4) is 6.07 Å². The molecular formula is C17H34ClNSi. The van der Waals surface area contributed by atoms with Crippen LogP contribution in [-0.4, -0.2) is 7.38 Å². The monoisotopic (exact) mass is 315 g/mol. The number of nitriles is 1. The summed E-state index contributed by atoms with van der Waals surface area (Å²) in [4.78, 5) is 0. The van der Waals surface area contributed by atoms with E-state index < -0.39 is 7.38 Å². The fourth-order valence-electron chi connectivity index (χ4n) is 2.76. The van der Waals surface area contributed by atoms with Crippen molar-refractivity contribution >= 4 is 18.5 Å². The van der Waals surface area contributed by atoms with Crippen LogP contribution in [0.2, 0.25) is 18.1 Å². The number of hydrogen-bond donors (Lipinski definition) is 0. The number of hydrogen-bond acceptors (Lipinski definition) is 1. The van der Waals surface area contributed by atoms with Gasteiger partial charge >= 0.3 is 0 Å². The van der Waals surface area contributed by atoms with Crippen LogP contribution in [0.15, 0.2) is 0 Å². The van der Waals surface area contributed by atoms with E-state index in [2.05, 4.69) is 19.9 Å². The van der Waals surface area contributed by atoms with Crippen molar-refractivity contribution in [3.05, 3.63) is 0 Å². The van der Waals surface area contributed by atoms with Crippen molar-refractivity contribution in [2.75, 3.05) is 0 Å². The second-order valence-corrected chi connectivity index (χ2v) is 12.3. The van der Waals surface area contributed by atoms with Crippen LogP contribution >= 0.6 is 11.1 Å². The fraction of sp³-hybridized carbons (Fsp3) is 0.941. The third-order valence-electron chi connectivity index (χ3n) is 4.12. The molecular weight excluding hydrogens is 282 g/mol. The third kappa shape index (κ3) is 11.8. The maximum absolute atomic E-state index is 8.62. The molecule has 0 aliphatic carbocycles. The first-order valence-electron chi connectivity index (χ1n) is 8.74. The van der Waals surface area contributed by atoms with Crippen molar-refractivity contribution < 1.29 is 0 Å². The summed E-state index contributed by atoms with van der Waals surface area (Å²) in [5, 5.41) is 8.62. The third-order valence-corrected chi connectivity index (χ3v) is 9.57. The molecule has 0 amide bonds. The zero-order chi connectivity index (χ0) is 15.1. The lowest BCUT2D eigenvalue weighted by Gasteiger charge is -2.24. The Bertz CT molecular complexity index is 238. The molecule has 0 fully saturated rings. The Kier molecular flexibility index (Phi) is 14.0. The molecule has 0 atom stereocenters. The molecule has 0 bridgehead atoms. The average Bonchev–Trinajstić information content (AvgIpc) is 2.45. The summed E-state index contributed by atoms with van der Waals surface area (Å²) in [7, 11) is -1.54. The van der Waals surface area contributed by atoms with Crippen LogP contribution in [-0.2, 0) is 0 Å². The predicted molar refractivity (Wildman–Crippen MR) is 93.8 cm³/mol. The van der Waals surface area contributed by atoms with Gasteiger partial charge in [-0.15, -0.1) is 0 Å². The molecule has 0 radical (unpaired) electrons. The first kappa shape index (κ1) is 20.0. The molecule has 1 nitrogen and oxygen atoms in total. The van der Waals surface area contributed by atoms with Crippen LogP contribution in [0.1, 0.15) is 84.5 Å². The number of halogens is 1. The Balaban J connectivity index is 4.02. The minimum Gasteiger partial charge on any atom is -0.198 e. The van der Waals surface area contributed by atoms with Crippen molar-refractivity contribution in [3.63, 3.8) is 0 Å². The molecule has 0 aromatic carbocycles. The highest BCUT2D eigenvalue weighted by molar-refractivity contribution is 7.20. The van der Waals surface area contributed by atoms with Gasteiger partial charge in [0.2, 0.25) is 0 Å². The maximum atomic E-state index is 8.62. The molecule has 0 aromatic rings. The minimum absolute atomic E-state index is 0.701. The maximum Gasteiger partial charge on any atom is 0.156 e. The molecule has 118 valence electrons. The Morgan fingerprint density at radius 1 is 0.750 bits per heavy atom. The summed E-state index contributed by atoms with van der Waals surface area (Å²) in [5.41, 5.74) is 0. The van der Waals surface area contributed by atoms with Crippen LogP contribution in [0.25, 0.3) is 0 Å². The molecule has 0 saturated carbocycles. The molecule has 3 heteroatoms. The Morgan fingerprint density at radius 3 is 1.60 bits per heavy atom. The highest BCUT2D eigenvalue weighted by atomic mass is 35.6. The minimum atomic E-state index is -1.54. The lowest BCUT2D eigenvalue weighted by Crippen LogP contribution is -2.26. The molecule has 0 saturated heterocycles. The van der Waals surface area contributed by atoms with Crippen LogP contribution in [0, 0.1) is 11.3 Å². The highest BCUT2D eigenvalue weighted by Gasteiger charge is 2.28. The van der Waals surface area contributed by atoms with Gasteiger partial charge < -0.3 is 0 Å². The van der Waals surface area contributed by atoms with Gasteiger partial charge in [0.25, 0.3) is 0 Å². The summed E-state index contributed by atoms with van der Waals surface area (Å²) in [6.07, 6.45) is 13.6. The first-order chi connectivity index (χ1) is 9.68.